The first kappa shape index (κ1) is 17.0. The minimum absolute atomic E-state index is 0.171. The number of quaternary nitrogens is 1. The van der Waals surface area contributed by atoms with Gasteiger partial charge in [-0.05, 0) is 23.5 Å². The third-order valence-electron chi connectivity index (χ3n) is 3.57. The number of aromatic nitrogens is 2. The normalized spacial score (nSPS) is 26.7. The Balaban J connectivity index is 1.81. The van der Waals surface area contributed by atoms with E-state index in [2.05, 4.69) is 15.5 Å². The maximum atomic E-state index is 13.4. The van der Waals surface area contributed by atoms with Crippen LogP contribution < -0.4 is 9.96 Å². The van der Waals surface area contributed by atoms with Gasteiger partial charge in [-0.1, -0.05) is 5.10 Å². The van der Waals surface area contributed by atoms with Gasteiger partial charge < -0.3 is 9.62 Å². The lowest BCUT2D eigenvalue weighted by Gasteiger charge is -2.39. The second-order valence-corrected chi connectivity index (χ2v) is 7.94. The summed E-state index contributed by atoms with van der Waals surface area (Å²) in [5.74, 6) is 0.744. The molecule has 0 aromatic carbocycles. The first-order chi connectivity index (χ1) is 11.0. The molecule has 1 fully saturated rings. The van der Waals surface area contributed by atoms with Crippen LogP contribution in [0.5, 0.6) is 0 Å². The lowest BCUT2D eigenvalue weighted by Crippen LogP contribution is -2.55. The molecule has 0 aliphatic carbocycles. The predicted octanol–water partition coefficient (Wildman–Crippen LogP) is 1.26. The van der Waals surface area contributed by atoms with Gasteiger partial charge in [-0.25, -0.2) is 4.90 Å². The number of hydrogen-bond acceptors (Lipinski definition) is 8. The van der Waals surface area contributed by atoms with Crippen molar-refractivity contribution >= 4 is 38.9 Å². The smallest absolute Gasteiger partial charge is 0.310 e. The molecule has 0 radical (unpaired) electrons. The Morgan fingerprint density at radius 2 is 2.48 bits per heavy atom. The Hall–Kier alpha value is -0.880. The van der Waals surface area contributed by atoms with Gasteiger partial charge in [0.25, 0.3) is 0 Å². The fourth-order valence-electron chi connectivity index (χ4n) is 2.43. The van der Waals surface area contributed by atoms with E-state index in [1.165, 1.54) is 6.26 Å². The van der Waals surface area contributed by atoms with Crippen molar-refractivity contribution in [2.45, 2.75) is 17.1 Å². The van der Waals surface area contributed by atoms with Gasteiger partial charge >= 0.3 is 5.13 Å². The first-order valence-electron chi connectivity index (χ1n) is 6.83. The molecule has 0 saturated carbocycles. The number of nitrogens with zero attached hydrogens (tertiary/aromatic N) is 4. The molecular weight excluding hydrogens is 362 g/mol. The van der Waals surface area contributed by atoms with Crippen molar-refractivity contribution < 1.29 is 8.63 Å². The molecule has 11 heteroatoms. The molecule has 3 rings (SSSR count). The zero-order valence-corrected chi connectivity index (χ0v) is 14.7. The van der Waals surface area contributed by atoms with Crippen molar-refractivity contribution in [2.75, 3.05) is 25.5 Å². The summed E-state index contributed by atoms with van der Waals surface area (Å²) in [4.78, 5) is 1.83. The van der Waals surface area contributed by atoms with Crippen molar-refractivity contribution in [3.8, 4) is 0 Å². The molecule has 1 aliphatic rings. The maximum absolute atomic E-state index is 13.4. The Morgan fingerprint density at radius 1 is 1.65 bits per heavy atom. The summed E-state index contributed by atoms with van der Waals surface area (Å²) in [6.45, 7) is 1.09. The third-order valence-corrected chi connectivity index (χ3v) is 6.27. The van der Waals surface area contributed by atoms with E-state index >= 15 is 0 Å². The number of nitrogens with one attached hydrogen (secondary N) is 1. The van der Waals surface area contributed by atoms with E-state index in [-0.39, 0.29) is 17.8 Å². The maximum Gasteiger partial charge on any atom is 0.310 e. The fourth-order valence-corrected chi connectivity index (χ4v) is 4.11. The van der Waals surface area contributed by atoms with Crippen molar-refractivity contribution in [3.05, 3.63) is 29.4 Å². The summed E-state index contributed by atoms with van der Waals surface area (Å²) in [5, 5.41) is 24.6. The summed E-state index contributed by atoms with van der Waals surface area (Å²) < 4.78 is 16.4. The van der Waals surface area contributed by atoms with Gasteiger partial charge in [0, 0.05) is 6.26 Å². The second kappa shape index (κ2) is 6.93. The number of halogens is 1. The topological polar surface area (TPSA) is 94.3 Å². The highest BCUT2D eigenvalue weighted by Gasteiger charge is 2.43. The van der Waals surface area contributed by atoms with Crippen LogP contribution in [0.2, 0.25) is 0 Å². The number of furan rings is 1. The highest BCUT2D eigenvalue weighted by atomic mass is 35.5. The van der Waals surface area contributed by atoms with Crippen LogP contribution in [-0.2, 0) is 17.3 Å². The van der Waals surface area contributed by atoms with Gasteiger partial charge in [-0.2, -0.15) is 0 Å². The molecule has 1 aliphatic heterocycles. The SMILES string of the molecule is CS(=O)c1nnc([N+]2([O-])CN(CCl)CC2NCc2ccco2)s1. The first-order valence-corrected chi connectivity index (χ1v) is 9.74. The summed E-state index contributed by atoms with van der Waals surface area (Å²) in [7, 11) is -1.26. The van der Waals surface area contributed by atoms with Gasteiger partial charge in [0.1, 0.15) is 12.4 Å². The number of alkyl halides is 1. The van der Waals surface area contributed by atoms with Crippen molar-refractivity contribution in [3.63, 3.8) is 0 Å². The van der Waals surface area contributed by atoms with Crippen LogP contribution in [0.15, 0.2) is 27.2 Å². The fraction of sp³-hybridized carbons (Fsp3) is 0.500. The number of rotatable bonds is 6. The minimum atomic E-state index is -1.26. The Bertz CT molecular complexity index is 682. The van der Waals surface area contributed by atoms with Gasteiger partial charge in [0.2, 0.25) is 4.34 Å². The highest BCUT2D eigenvalue weighted by molar-refractivity contribution is 7.86. The van der Waals surface area contributed by atoms with E-state index in [1.54, 1.807) is 12.3 Å². The van der Waals surface area contributed by atoms with E-state index in [0.29, 0.717) is 17.4 Å². The highest BCUT2D eigenvalue weighted by Crippen LogP contribution is 2.33. The summed E-state index contributed by atoms with van der Waals surface area (Å²) >= 11 is 6.97. The van der Waals surface area contributed by atoms with E-state index < -0.39 is 21.6 Å². The molecule has 126 valence electrons. The third kappa shape index (κ3) is 3.48. The van der Waals surface area contributed by atoms with Crippen LogP contribution in [-0.4, -0.2) is 50.9 Å². The van der Waals surface area contributed by atoms with E-state index in [9.17, 15) is 9.42 Å². The molecular formula is C12H16ClN5O3S2. The number of hydrogen-bond donors (Lipinski definition) is 1. The molecule has 23 heavy (non-hydrogen) atoms. The van der Waals surface area contributed by atoms with Crippen LogP contribution in [0, 0.1) is 5.21 Å². The van der Waals surface area contributed by atoms with Crippen LogP contribution in [0.4, 0.5) is 5.13 Å². The standard InChI is InChI=1S/C12H16ClN5O3S2/c1-23(20)12-16-15-11(22-12)18(19)8-17(7-13)6-10(18)14-5-9-3-2-4-21-9/h2-4,10,14H,5-8H2,1H3. The van der Waals surface area contributed by atoms with Crippen molar-refractivity contribution in [2.24, 2.45) is 0 Å². The number of hydroxylamine groups is 2. The summed E-state index contributed by atoms with van der Waals surface area (Å²) in [6.07, 6.45) is 2.65. The Morgan fingerprint density at radius 3 is 3.09 bits per heavy atom. The van der Waals surface area contributed by atoms with Gasteiger partial charge in [0.05, 0.1) is 36.2 Å². The van der Waals surface area contributed by atoms with E-state index in [0.717, 1.165) is 17.1 Å². The van der Waals surface area contributed by atoms with Gasteiger partial charge in [0.15, 0.2) is 6.17 Å². The average Bonchev–Trinajstić information content (AvgIpc) is 3.25. The lowest BCUT2D eigenvalue weighted by molar-refractivity contribution is 0.279. The largest absolute Gasteiger partial charge is 0.623 e. The summed E-state index contributed by atoms with van der Waals surface area (Å²) in [6, 6.07) is 3.89. The van der Waals surface area contributed by atoms with Gasteiger partial charge in [-0.3, -0.25) is 14.2 Å². The average molecular weight is 378 g/mol. The molecule has 0 spiro atoms. The molecule has 2 aromatic heterocycles. The molecule has 3 unspecified atom stereocenters. The predicted molar refractivity (Wildman–Crippen MR) is 89.0 cm³/mol. The molecule has 2 aromatic rings. The monoisotopic (exact) mass is 377 g/mol. The van der Waals surface area contributed by atoms with E-state index in [1.807, 2.05) is 11.0 Å². The second-order valence-electron chi connectivity index (χ2n) is 5.19. The molecule has 3 atom stereocenters. The Labute approximate surface area is 144 Å². The molecule has 3 heterocycles. The van der Waals surface area contributed by atoms with Crippen molar-refractivity contribution in [1.29, 1.82) is 0 Å². The van der Waals surface area contributed by atoms with Crippen LogP contribution in [0.1, 0.15) is 5.76 Å². The molecule has 0 amide bonds. The summed E-state index contributed by atoms with van der Waals surface area (Å²) in [5.41, 5.74) is 0. The molecule has 1 saturated heterocycles. The minimum Gasteiger partial charge on any atom is -0.623 e. The molecule has 1 N–H and O–H groups in total. The zero-order valence-electron chi connectivity index (χ0n) is 12.3. The quantitative estimate of drug-likeness (QED) is 0.350. The Kier molecular flexibility index (Phi) is 5.11. The van der Waals surface area contributed by atoms with E-state index in [4.69, 9.17) is 16.0 Å². The van der Waals surface area contributed by atoms with Crippen LogP contribution in [0.3, 0.4) is 0 Å². The zero-order chi connectivity index (χ0) is 16.4. The molecule has 0 bridgehead atoms. The van der Waals surface area contributed by atoms with Gasteiger partial charge in [-0.15, -0.1) is 16.7 Å². The van der Waals surface area contributed by atoms with Crippen LogP contribution >= 0.6 is 22.9 Å². The lowest BCUT2D eigenvalue weighted by atomic mass is 10.4. The molecule has 8 nitrogen and oxygen atoms in total. The van der Waals surface area contributed by atoms with Crippen molar-refractivity contribution in [1.82, 2.24) is 25.1 Å². The van der Waals surface area contributed by atoms with Crippen LogP contribution in [0.25, 0.3) is 0 Å².